The predicted molar refractivity (Wildman–Crippen MR) is 114 cm³/mol. The van der Waals surface area contributed by atoms with E-state index in [1.165, 1.54) is 25.9 Å². The number of benzene rings is 1. The van der Waals surface area contributed by atoms with Crippen molar-refractivity contribution in [1.82, 2.24) is 15.1 Å². The molecular weight excluding hydrogens is 382 g/mol. The third-order valence-electron chi connectivity index (χ3n) is 5.54. The van der Waals surface area contributed by atoms with Gasteiger partial charge in [-0.25, -0.2) is 15.6 Å². The molecular formula is C22H29N5O3. The second-order valence-electron chi connectivity index (χ2n) is 8.95. The van der Waals surface area contributed by atoms with Crippen molar-refractivity contribution in [3.63, 3.8) is 0 Å². The minimum absolute atomic E-state index is 0.204. The first-order valence-electron chi connectivity index (χ1n) is 10.4. The van der Waals surface area contributed by atoms with E-state index in [4.69, 9.17) is 15.3 Å². The van der Waals surface area contributed by atoms with Gasteiger partial charge in [0.05, 0.1) is 11.4 Å². The number of nitrogens with two attached hydrogens (primary N) is 1. The molecule has 160 valence electrons. The summed E-state index contributed by atoms with van der Waals surface area (Å²) in [6.07, 6.45) is 1.99. The number of aromatic nitrogens is 2. The SMILES string of the molecule is CC(C)(C)OC(=O)N(N)c1ccc(-c2ccc(O[C@H]3CN4CCC3CC4)nn2)cc1. The first kappa shape index (κ1) is 20.6. The Kier molecular flexibility index (Phi) is 5.62. The number of ether oxygens (including phenoxy) is 2. The highest BCUT2D eigenvalue weighted by Crippen LogP contribution is 2.30. The van der Waals surface area contributed by atoms with E-state index >= 15 is 0 Å². The van der Waals surface area contributed by atoms with Gasteiger partial charge in [-0.1, -0.05) is 12.1 Å². The molecule has 8 heteroatoms. The highest BCUT2D eigenvalue weighted by molar-refractivity contribution is 5.86. The van der Waals surface area contributed by atoms with Gasteiger partial charge < -0.3 is 9.47 Å². The summed E-state index contributed by atoms with van der Waals surface area (Å²) in [6, 6.07) is 10.9. The van der Waals surface area contributed by atoms with Gasteiger partial charge in [-0.05, 0) is 70.8 Å². The molecule has 30 heavy (non-hydrogen) atoms. The molecule has 1 aromatic heterocycles. The second kappa shape index (κ2) is 8.20. The summed E-state index contributed by atoms with van der Waals surface area (Å²) in [6.45, 7) is 8.72. The molecule has 3 aliphatic rings. The topological polar surface area (TPSA) is 93.8 Å². The van der Waals surface area contributed by atoms with Gasteiger partial charge in [-0.3, -0.25) is 4.90 Å². The van der Waals surface area contributed by atoms with Crippen LogP contribution in [0.4, 0.5) is 10.5 Å². The molecule has 5 rings (SSSR count). The number of carbonyl (C=O) groups excluding carboxylic acids is 1. The molecule has 3 saturated heterocycles. The monoisotopic (exact) mass is 411 g/mol. The number of fused-ring (bicyclic) bond motifs is 3. The van der Waals surface area contributed by atoms with E-state index in [2.05, 4.69) is 15.1 Å². The number of hydrogen-bond donors (Lipinski definition) is 1. The number of hydrazine groups is 1. The lowest BCUT2D eigenvalue weighted by Crippen LogP contribution is -2.52. The van der Waals surface area contributed by atoms with Gasteiger partial charge in [0, 0.05) is 18.2 Å². The molecule has 1 amide bonds. The largest absolute Gasteiger partial charge is 0.472 e. The Bertz CT molecular complexity index is 871. The molecule has 0 unspecified atom stereocenters. The number of piperidine rings is 3. The van der Waals surface area contributed by atoms with Crippen LogP contribution in [0.3, 0.4) is 0 Å². The van der Waals surface area contributed by atoms with Gasteiger partial charge >= 0.3 is 6.09 Å². The highest BCUT2D eigenvalue weighted by Gasteiger charge is 2.35. The third-order valence-corrected chi connectivity index (χ3v) is 5.54. The Morgan fingerprint density at radius 3 is 2.33 bits per heavy atom. The summed E-state index contributed by atoms with van der Waals surface area (Å²) in [5, 5.41) is 9.56. The molecule has 2 bridgehead atoms. The van der Waals surface area contributed by atoms with Crippen molar-refractivity contribution in [3.8, 4) is 17.1 Å². The van der Waals surface area contributed by atoms with Crippen LogP contribution in [0.15, 0.2) is 36.4 Å². The van der Waals surface area contributed by atoms with Gasteiger partial charge in [-0.15, -0.1) is 10.2 Å². The fraction of sp³-hybridized carbons (Fsp3) is 0.500. The Morgan fingerprint density at radius 2 is 1.80 bits per heavy atom. The maximum atomic E-state index is 12.1. The molecule has 0 spiro atoms. The molecule has 1 atom stereocenters. The maximum Gasteiger partial charge on any atom is 0.429 e. The van der Waals surface area contributed by atoms with Crippen molar-refractivity contribution in [3.05, 3.63) is 36.4 Å². The van der Waals surface area contributed by atoms with E-state index in [9.17, 15) is 4.79 Å². The summed E-state index contributed by atoms with van der Waals surface area (Å²) in [7, 11) is 0. The molecule has 2 N–H and O–H groups in total. The fourth-order valence-corrected chi connectivity index (χ4v) is 3.95. The van der Waals surface area contributed by atoms with Crippen LogP contribution in [-0.4, -0.2) is 52.5 Å². The van der Waals surface area contributed by atoms with Gasteiger partial charge in [0.2, 0.25) is 5.88 Å². The summed E-state index contributed by atoms with van der Waals surface area (Å²) in [4.78, 5) is 14.6. The molecule has 3 aliphatic heterocycles. The van der Waals surface area contributed by atoms with E-state index in [-0.39, 0.29) is 6.10 Å². The van der Waals surface area contributed by atoms with E-state index in [1.807, 2.05) is 24.3 Å². The van der Waals surface area contributed by atoms with Crippen LogP contribution in [0, 0.1) is 5.92 Å². The summed E-state index contributed by atoms with van der Waals surface area (Å²) in [5.41, 5.74) is 1.52. The Hall–Kier alpha value is -2.71. The van der Waals surface area contributed by atoms with Gasteiger partial charge in [-0.2, -0.15) is 0 Å². The lowest BCUT2D eigenvalue weighted by Gasteiger charge is -2.44. The fourth-order valence-electron chi connectivity index (χ4n) is 3.95. The average molecular weight is 412 g/mol. The maximum absolute atomic E-state index is 12.1. The summed E-state index contributed by atoms with van der Waals surface area (Å²) < 4.78 is 11.4. The summed E-state index contributed by atoms with van der Waals surface area (Å²) >= 11 is 0. The zero-order chi connectivity index (χ0) is 21.3. The highest BCUT2D eigenvalue weighted by atomic mass is 16.6. The van der Waals surface area contributed by atoms with Crippen LogP contribution in [0.25, 0.3) is 11.3 Å². The van der Waals surface area contributed by atoms with Crippen LogP contribution in [-0.2, 0) is 4.74 Å². The number of anilines is 1. The molecule has 1 aromatic carbocycles. The molecule has 3 fully saturated rings. The van der Waals surface area contributed by atoms with Crippen LogP contribution in [0.2, 0.25) is 0 Å². The number of carbonyl (C=O) groups is 1. The van der Waals surface area contributed by atoms with Crippen LogP contribution < -0.4 is 15.6 Å². The van der Waals surface area contributed by atoms with Crippen molar-refractivity contribution in [2.45, 2.75) is 45.3 Å². The standard InChI is InChI=1S/C22H29N5O3/c1-22(2,3)30-21(28)27(23)17-6-4-15(5-7-17)18-8-9-20(25-24-18)29-19-14-26-12-10-16(19)11-13-26/h4-9,16,19H,10-14,23H2,1-3H3/t19-/m0/s1. The summed E-state index contributed by atoms with van der Waals surface area (Å²) in [5.74, 6) is 7.06. The smallest absolute Gasteiger partial charge is 0.429 e. The van der Waals surface area contributed by atoms with Crippen molar-refractivity contribution in [2.24, 2.45) is 11.8 Å². The number of hydrogen-bond acceptors (Lipinski definition) is 7. The van der Waals surface area contributed by atoms with E-state index in [0.29, 0.717) is 17.5 Å². The van der Waals surface area contributed by atoms with Crippen molar-refractivity contribution in [2.75, 3.05) is 24.6 Å². The predicted octanol–water partition coefficient (Wildman–Crippen LogP) is 3.23. The quantitative estimate of drug-likeness (QED) is 0.469. The first-order chi connectivity index (χ1) is 14.3. The molecule has 4 heterocycles. The van der Waals surface area contributed by atoms with E-state index in [0.717, 1.165) is 22.8 Å². The van der Waals surface area contributed by atoms with Gasteiger partial charge in [0.1, 0.15) is 11.7 Å². The lowest BCUT2D eigenvalue weighted by molar-refractivity contribution is -0.0103. The van der Waals surface area contributed by atoms with E-state index in [1.54, 1.807) is 32.9 Å². The number of nitrogens with zero attached hydrogens (tertiary/aromatic N) is 4. The van der Waals surface area contributed by atoms with Crippen molar-refractivity contribution < 1.29 is 14.3 Å². The van der Waals surface area contributed by atoms with Crippen molar-refractivity contribution >= 4 is 11.8 Å². The Labute approximate surface area is 176 Å². The van der Waals surface area contributed by atoms with E-state index < -0.39 is 11.7 Å². The Balaban J connectivity index is 1.39. The van der Waals surface area contributed by atoms with Gasteiger partial charge in [0.15, 0.2) is 0 Å². The lowest BCUT2D eigenvalue weighted by atomic mass is 9.86. The minimum atomic E-state index is -0.609. The molecule has 0 saturated carbocycles. The van der Waals surface area contributed by atoms with Crippen LogP contribution in [0.5, 0.6) is 5.88 Å². The molecule has 8 nitrogen and oxygen atoms in total. The minimum Gasteiger partial charge on any atom is -0.472 e. The number of amides is 1. The van der Waals surface area contributed by atoms with Crippen LogP contribution >= 0.6 is 0 Å². The zero-order valence-corrected chi connectivity index (χ0v) is 17.7. The third kappa shape index (κ3) is 4.71. The average Bonchev–Trinajstić information content (AvgIpc) is 2.74. The molecule has 0 aliphatic carbocycles. The number of rotatable bonds is 4. The molecule has 2 aromatic rings. The first-order valence-corrected chi connectivity index (χ1v) is 10.4. The van der Waals surface area contributed by atoms with Crippen molar-refractivity contribution in [1.29, 1.82) is 0 Å². The normalized spacial score (nSPS) is 23.1. The van der Waals surface area contributed by atoms with Crippen LogP contribution in [0.1, 0.15) is 33.6 Å². The second-order valence-corrected chi connectivity index (χ2v) is 8.95. The van der Waals surface area contributed by atoms with Gasteiger partial charge in [0.25, 0.3) is 0 Å². The molecule has 0 radical (unpaired) electrons. The Morgan fingerprint density at radius 1 is 1.10 bits per heavy atom. The zero-order valence-electron chi connectivity index (χ0n) is 17.7.